The highest BCUT2D eigenvalue weighted by atomic mass is 32.2. The Morgan fingerprint density at radius 2 is 2.39 bits per heavy atom. The van der Waals surface area contributed by atoms with Crippen molar-refractivity contribution in [1.29, 1.82) is 0 Å². The highest BCUT2D eigenvalue weighted by molar-refractivity contribution is 7.99. The van der Waals surface area contributed by atoms with E-state index in [4.69, 9.17) is 9.84 Å². The quantitative estimate of drug-likeness (QED) is 0.593. The Labute approximate surface area is 107 Å². The number of nitrogens with zero attached hydrogens (tertiary/aromatic N) is 3. The summed E-state index contributed by atoms with van der Waals surface area (Å²) in [5.41, 5.74) is 1.28. The van der Waals surface area contributed by atoms with Gasteiger partial charge in [0.1, 0.15) is 16.9 Å². The molecule has 18 heavy (non-hydrogen) atoms. The predicted octanol–water partition coefficient (Wildman–Crippen LogP) is 0.935. The molecule has 0 fully saturated rings. The minimum Gasteiger partial charge on any atom is -0.479 e. The first-order valence-electron chi connectivity index (χ1n) is 5.33. The van der Waals surface area contributed by atoms with Crippen molar-refractivity contribution in [2.45, 2.75) is 18.1 Å². The summed E-state index contributed by atoms with van der Waals surface area (Å²) < 4.78 is 5.13. The molecule has 0 aliphatic heterocycles. The molecule has 2 aromatic rings. The van der Waals surface area contributed by atoms with Crippen LogP contribution in [-0.2, 0) is 9.53 Å². The van der Waals surface area contributed by atoms with Gasteiger partial charge in [-0.2, -0.15) is 0 Å². The lowest BCUT2D eigenvalue weighted by Crippen LogP contribution is -2.26. The van der Waals surface area contributed by atoms with Crippen molar-refractivity contribution in [1.82, 2.24) is 19.9 Å². The first-order valence-corrected chi connectivity index (χ1v) is 6.32. The van der Waals surface area contributed by atoms with Crippen LogP contribution >= 0.6 is 11.8 Å². The summed E-state index contributed by atoms with van der Waals surface area (Å²) in [6, 6.07) is 0. The molecule has 96 valence electrons. The number of carboxylic acids is 1. The van der Waals surface area contributed by atoms with Gasteiger partial charge >= 0.3 is 5.97 Å². The van der Waals surface area contributed by atoms with Crippen molar-refractivity contribution in [2.75, 3.05) is 12.4 Å². The van der Waals surface area contributed by atoms with Crippen LogP contribution in [0.25, 0.3) is 11.2 Å². The van der Waals surface area contributed by atoms with Crippen LogP contribution in [-0.4, -0.2) is 49.5 Å². The third kappa shape index (κ3) is 2.77. The molecule has 8 heteroatoms. The van der Waals surface area contributed by atoms with Gasteiger partial charge in [-0.15, -0.1) is 11.8 Å². The summed E-state index contributed by atoms with van der Waals surface area (Å²) in [6.07, 6.45) is 2.09. The molecule has 2 aromatic heterocycles. The smallest absolute Gasteiger partial charge is 0.333 e. The SMILES string of the molecule is CCOC(CSc1ncnc2nc[nH]c12)C(=O)O. The second-order valence-electron chi connectivity index (χ2n) is 3.37. The molecular weight excluding hydrogens is 256 g/mol. The number of H-pyrrole nitrogens is 1. The molecule has 0 spiro atoms. The largest absolute Gasteiger partial charge is 0.479 e. The van der Waals surface area contributed by atoms with Gasteiger partial charge in [-0.1, -0.05) is 0 Å². The van der Waals surface area contributed by atoms with Crippen molar-refractivity contribution in [3.63, 3.8) is 0 Å². The van der Waals surface area contributed by atoms with Crippen LogP contribution in [0.1, 0.15) is 6.92 Å². The first kappa shape index (κ1) is 12.8. The number of carbonyl (C=O) groups is 1. The van der Waals surface area contributed by atoms with Gasteiger partial charge < -0.3 is 14.8 Å². The van der Waals surface area contributed by atoms with E-state index in [1.807, 2.05) is 0 Å². The lowest BCUT2D eigenvalue weighted by Gasteiger charge is -2.11. The van der Waals surface area contributed by atoms with Crippen LogP contribution in [0.4, 0.5) is 0 Å². The molecule has 2 rings (SSSR count). The van der Waals surface area contributed by atoms with E-state index >= 15 is 0 Å². The van der Waals surface area contributed by atoms with E-state index < -0.39 is 12.1 Å². The van der Waals surface area contributed by atoms with Crippen LogP contribution in [0, 0.1) is 0 Å². The zero-order valence-corrected chi connectivity index (χ0v) is 10.5. The molecule has 0 aliphatic carbocycles. The van der Waals surface area contributed by atoms with E-state index in [2.05, 4.69) is 19.9 Å². The fourth-order valence-electron chi connectivity index (χ4n) is 1.40. The van der Waals surface area contributed by atoms with Gasteiger partial charge in [0.05, 0.1) is 6.33 Å². The Hall–Kier alpha value is -1.67. The molecule has 2 heterocycles. The standard InChI is InChI=1S/C10H12N4O3S/c1-2-17-6(10(15)16)3-18-9-7-8(12-4-11-7)13-5-14-9/h4-6H,2-3H2,1H3,(H,15,16)(H,11,12,13,14). The Morgan fingerprint density at radius 1 is 1.56 bits per heavy atom. The van der Waals surface area contributed by atoms with Gasteiger partial charge in [0.2, 0.25) is 0 Å². The normalized spacial score (nSPS) is 12.7. The molecule has 0 aliphatic rings. The fraction of sp³-hybridized carbons (Fsp3) is 0.400. The summed E-state index contributed by atoms with van der Waals surface area (Å²) >= 11 is 1.30. The minimum atomic E-state index is -0.973. The van der Waals surface area contributed by atoms with Crippen molar-refractivity contribution in [3.05, 3.63) is 12.7 Å². The number of aliphatic carboxylic acids is 1. The molecule has 0 saturated heterocycles. The number of rotatable bonds is 6. The van der Waals surface area contributed by atoms with Gasteiger partial charge in [-0.3, -0.25) is 0 Å². The first-order chi connectivity index (χ1) is 8.72. The number of nitrogens with one attached hydrogen (secondary N) is 1. The lowest BCUT2D eigenvalue weighted by molar-refractivity contribution is -0.148. The van der Waals surface area contributed by atoms with Crippen LogP contribution < -0.4 is 0 Å². The molecule has 7 nitrogen and oxygen atoms in total. The number of aromatic nitrogens is 4. The molecule has 0 saturated carbocycles. The van der Waals surface area contributed by atoms with Crippen molar-refractivity contribution in [3.8, 4) is 0 Å². The summed E-state index contributed by atoms with van der Waals surface area (Å²) in [5, 5.41) is 9.63. The van der Waals surface area contributed by atoms with Crippen LogP contribution in [0.3, 0.4) is 0 Å². The predicted molar refractivity (Wildman–Crippen MR) is 65.5 cm³/mol. The molecule has 0 radical (unpaired) electrons. The molecular formula is C10H12N4O3S. The number of imidazole rings is 1. The Bertz CT molecular complexity index is 545. The van der Waals surface area contributed by atoms with Gasteiger partial charge in [-0.05, 0) is 6.92 Å². The van der Waals surface area contributed by atoms with Crippen molar-refractivity contribution < 1.29 is 14.6 Å². The van der Waals surface area contributed by atoms with E-state index in [0.29, 0.717) is 22.8 Å². The van der Waals surface area contributed by atoms with E-state index in [0.717, 1.165) is 0 Å². The fourth-order valence-corrected chi connectivity index (χ4v) is 2.36. The van der Waals surface area contributed by atoms with Crippen molar-refractivity contribution >= 4 is 28.9 Å². The summed E-state index contributed by atoms with van der Waals surface area (Å²) in [7, 11) is 0. The second kappa shape index (κ2) is 5.78. The third-order valence-corrected chi connectivity index (χ3v) is 3.26. The molecule has 2 N–H and O–H groups in total. The zero-order chi connectivity index (χ0) is 13.0. The Balaban J connectivity index is 2.09. The molecule has 0 aromatic carbocycles. The molecule has 0 bridgehead atoms. The molecule has 1 atom stereocenters. The van der Waals surface area contributed by atoms with Crippen LogP contribution in [0.15, 0.2) is 17.7 Å². The van der Waals surface area contributed by atoms with E-state index in [1.54, 1.807) is 6.92 Å². The number of carboxylic acid groups (broad SMARTS) is 1. The number of ether oxygens (including phenoxy) is 1. The van der Waals surface area contributed by atoms with E-state index in [1.165, 1.54) is 24.4 Å². The van der Waals surface area contributed by atoms with Gasteiger partial charge in [-0.25, -0.2) is 19.7 Å². The minimum absolute atomic E-state index is 0.286. The van der Waals surface area contributed by atoms with Crippen molar-refractivity contribution in [2.24, 2.45) is 0 Å². The molecule has 1 unspecified atom stereocenters. The summed E-state index contributed by atoms with van der Waals surface area (Å²) in [5.74, 6) is -0.687. The topological polar surface area (TPSA) is 101 Å². The third-order valence-electron chi connectivity index (χ3n) is 2.20. The lowest BCUT2D eigenvalue weighted by atomic mass is 10.4. The van der Waals surface area contributed by atoms with Crippen LogP contribution in [0.2, 0.25) is 0 Å². The second-order valence-corrected chi connectivity index (χ2v) is 4.38. The number of thioether (sulfide) groups is 1. The summed E-state index contributed by atoms with van der Waals surface area (Å²) in [6.45, 7) is 2.12. The average Bonchev–Trinajstić information content (AvgIpc) is 2.82. The zero-order valence-electron chi connectivity index (χ0n) is 9.66. The number of aromatic amines is 1. The maximum Gasteiger partial charge on any atom is 0.333 e. The number of hydrogen-bond acceptors (Lipinski definition) is 6. The molecule has 0 amide bonds. The number of hydrogen-bond donors (Lipinski definition) is 2. The Kier molecular flexibility index (Phi) is 4.11. The van der Waals surface area contributed by atoms with Gasteiger partial charge in [0.25, 0.3) is 0 Å². The highest BCUT2D eigenvalue weighted by Gasteiger charge is 2.19. The highest BCUT2D eigenvalue weighted by Crippen LogP contribution is 2.22. The maximum atomic E-state index is 10.9. The summed E-state index contributed by atoms with van der Waals surface area (Å²) in [4.78, 5) is 26.0. The van der Waals surface area contributed by atoms with Gasteiger partial charge in [0.15, 0.2) is 11.8 Å². The van der Waals surface area contributed by atoms with Crippen LogP contribution in [0.5, 0.6) is 0 Å². The monoisotopic (exact) mass is 268 g/mol. The van der Waals surface area contributed by atoms with E-state index in [9.17, 15) is 4.79 Å². The van der Waals surface area contributed by atoms with E-state index in [-0.39, 0.29) is 5.75 Å². The Morgan fingerprint density at radius 3 is 3.11 bits per heavy atom. The van der Waals surface area contributed by atoms with Gasteiger partial charge in [0, 0.05) is 12.4 Å². The average molecular weight is 268 g/mol. The number of fused-ring (bicyclic) bond motifs is 1. The maximum absolute atomic E-state index is 10.9.